The van der Waals surface area contributed by atoms with Crippen molar-refractivity contribution in [3.8, 4) is 28.7 Å². The average molecular weight is 409 g/mol. The molecule has 0 saturated carbocycles. The molecule has 4 rings (SSSR count). The van der Waals surface area contributed by atoms with Crippen molar-refractivity contribution in [2.45, 2.75) is 19.3 Å². The third kappa shape index (κ3) is 3.56. The van der Waals surface area contributed by atoms with Crippen LogP contribution in [0.25, 0.3) is 11.5 Å². The van der Waals surface area contributed by atoms with Crippen LogP contribution in [0.3, 0.4) is 0 Å². The minimum absolute atomic E-state index is 0.000743. The lowest BCUT2D eigenvalue weighted by molar-refractivity contribution is -0.117. The van der Waals surface area contributed by atoms with Gasteiger partial charge in [0, 0.05) is 36.2 Å². The topological polar surface area (TPSA) is 86.9 Å². The summed E-state index contributed by atoms with van der Waals surface area (Å²) >= 11 is 0. The monoisotopic (exact) mass is 409 g/mol. The highest BCUT2D eigenvalue weighted by atomic mass is 16.5. The second-order valence-electron chi connectivity index (χ2n) is 7.08. The van der Waals surface area contributed by atoms with E-state index in [0.29, 0.717) is 36.2 Å². The van der Waals surface area contributed by atoms with Gasteiger partial charge in [0.25, 0.3) is 5.89 Å². The Labute approximate surface area is 174 Å². The van der Waals surface area contributed by atoms with Gasteiger partial charge < -0.3 is 23.6 Å². The molecule has 8 heteroatoms. The van der Waals surface area contributed by atoms with Crippen molar-refractivity contribution in [2.75, 3.05) is 32.8 Å². The number of aryl methyl sites for hydroxylation is 1. The molecule has 2 heterocycles. The van der Waals surface area contributed by atoms with Crippen molar-refractivity contribution >= 4 is 11.6 Å². The molecule has 8 nitrogen and oxygen atoms in total. The summed E-state index contributed by atoms with van der Waals surface area (Å²) in [5, 5.41) is 4.14. The van der Waals surface area contributed by atoms with Crippen LogP contribution in [0.1, 0.15) is 23.7 Å². The van der Waals surface area contributed by atoms with Crippen LogP contribution in [0.5, 0.6) is 17.2 Å². The molecular weight excluding hydrogens is 386 g/mol. The van der Waals surface area contributed by atoms with Gasteiger partial charge >= 0.3 is 0 Å². The molecule has 0 bridgehead atoms. The van der Waals surface area contributed by atoms with E-state index < -0.39 is 0 Å². The molecule has 1 aromatic heterocycles. The number of aromatic nitrogens is 2. The fourth-order valence-corrected chi connectivity index (χ4v) is 3.64. The van der Waals surface area contributed by atoms with Gasteiger partial charge in [-0.15, -0.1) is 0 Å². The van der Waals surface area contributed by atoms with Gasteiger partial charge in [-0.2, -0.15) is 4.98 Å². The maximum atomic E-state index is 12.7. The summed E-state index contributed by atoms with van der Waals surface area (Å²) in [6.07, 6.45) is 0.314. The van der Waals surface area contributed by atoms with Crippen LogP contribution in [0.4, 0.5) is 5.69 Å². The fraction of sp³-hybridized carbons (Fsp3) is 0.318. The van der Waals surface area contributed by atoms with Gasteiger partial charge in [0.05, 0.1) is 21.3 Å². The summed E-state index contributed by atoms with van der Waals surface area (Å²) in [6, 6.07) is 11.1. The van der Waals surface area contributed by atoms with Crippen molar-refractivity contribution in [2.24, 2.45) is 0 Å². The second kappa shape index (κ2) is 8.06. The predicted octanol–water partition coefficient (Wildman–Crippen LogP) is 3.59. The number of rotatable bonds is 6. The number of nitrogens with zero attached hydrogens (tertiary/aromatic N) is 3. The van der Waals surface area contributed by atoms with Crippen LogP contribution in [-0.4, -0.2) is 43.9 Å². The summed E-state index contributed by atoms with van der Waals surface area (Å²) in [5.41, 5.74) is 2.56. The van der Waals surface area contributed by atoms with Gasteiger partial charge in [0.1, 0.15) is 5.75 Å². The van der Waals surface area contributed by atoms with Crippen LogP contribution >= 0.6 is 0 Å². The Kier molecular flexibility index (Phi) is 5.31. The van der Waals surface area contributed by atoms with E-state index in [-0.39, 0.29) is 11.8 Å². The van der Waals surface area contributed by atoms with E-state index in [4.69, 9.17) is 18.7 Å². The minimum atomic E-state index is -0.151. The first kappa shape index (κ1) is 19.8. The summed E-state index contributed by atoms with van der Waals surface area (Å²) in [6.45, 7) is 2.43. The van der Waals surface area contributed by atoms with Crippen LogP contribution in [0.15, 0.2) is 40.9 Å². The van der Waals surface area contributed by atoms with Crippen molar-refractivity contribution in [1.29, 1.82) is 0 Å². The fourth-order valence-electron chi connectivity index (χ4n) is 3.64. The number of benzene rings is 2. The summed E-state index contributed by atoms with van der Waals surface area (Å²) in [5.74, 6) is 2.76. The van der Waals surface area contributed by atoms with Crippen molar-refractivity contribution in [3.63, 3.8) is 0 Å². The zero-order valence-electron chi connectivity index (χ0n) is 17.3. The largest absolute Gasteiger partial charge is 0.497 e. The third-order valence-electron chi connectivity index (χ3n) is 5.27. The van der Waals surface area contributed by atoms with Gasteiger partial charge in [-0.1, -0.05) is 5.16 Å². The zero-order valence-corrected chi connectivity index (χ0v) is 17.3. The number of anilines is 1. The van der Waals surface area contributed by atoms with Crippen LogP contribution in [0.2, 0.25) is 0 Å². The lowest BCUT2D eigenvalue weighted by Gasteiger charge is -2.18. The minimum Gasteiger partial charge on any atom is -0.497 e. The molecule has 1 unspecified atom stereocenters. The Bertz CT molecular complexity index is 1080. The number of carbonyl (C=O) groups excluding carboxylic acids is 1. The molecule has 0 N–H and O–H groups in total. The highest BCUT2D eigenvalue weighted by Crippen LogP contribution is 2.36. The molecule has 1 saturated heterocycles. The summed E-state index contributed by atoms with van der Waals surface area (Å²) in [4.78, 5) is 18.9. The predicted molar refractivity (Wildman–Crippen MR) is 110 cm³/mol. The van der Waals surface area contributed by atoms with E-state index in [1.807, 2.05) is 31.2 Å². The van der Waals surface area contributed by atoms with E-state index in [1.54, 1.807) is 38.4 Å². The van der Waals surface area contributed by atoms with Gasteiger partial charge in [-0.3, -0.25) is 4.79 Å². The molecular formula is C22H23N3O5. The number of methoxy groups -OCH3 is 3. The average Bonchev–Trinajstić information content (AvgIpc) is 3.40. The van der Waals surface area contributed by atoms with Crippen molar-refractivity contribution < 1.29 is 23.5 Å². The molecule has 0 spiro atoms. The van der Waals surface area contributed by atoms with Crippen molar-refractivity contribution in [1.82, 2.24) is 10.1 Å². The van der Waals surface area contributed by atoms with Gasteiger partial charge in [-0.25, -0.2) is 0 Å². The smallest absolute Gasteiger partial charge is 0.258 e. The number of hydrogen-bond acceptors (Lipinski definition) is 7. The Morgan fingerprint density at radius 1 is 1.03 bits per heavy atom. The van der Waals surface area contributed by atoms with E-state index in [2.05, 4.69) is 10.1 Å². The molecule has 156 valence electrons. The number of carbonyl (C=O) groups is 1. The first-order chi connectivity index (χ1) is 14.5. The lowest BCUT2D eigenvalue weighted by Crippen LogP contribution is -2.24. The molecule has 1 aliphatic rings. The van der Waals surface area contributed by atoms with Crippen molar-refractivity contribution in [3.05, 3.63) is 47.8 Å². The Balaban J connectivity index is 1.55. The number of amides is 1. The summed E-state index contributed by atoms with van der Waals surface area (Å²) in [7, 11) is 4.77. The molecule has 1 atom stereocenters. The first-order valence-corrected chi connectivity index (χ1v) is 9.55. The van der Waals surface area contributed by atoms with Gasteiger partial charge in [-0.05, 0) is 42.8 Å². The molecule has 0 radical (unpaired) electrons. The Morgan fingerprint density at radius 2 is 1.83 bits per heavy atom. The third-order valence-corrected chi connectivity index (χ3v) is 5.27. The SMILES string of the molecule is COc1ccc(-c2nc(C3CC(=O)N(c4ccc(OC)c(OC)c4)C3)no2)c(C)c1. The van der Waals surface area contributed by atoms with Gasteiger partial charge in [0.2, 0.25) is 5.91 Å². The maximum absolute atomic E-state index is 12.7. The van der Waals surface area contributed by atoms with Crippen LogP contribution in [0, 0.1) is 6.92 Å². The molecule has 1 fully saturated rings. The van der Waals surface area contributed by atoms with Gasteiger partial charge in [0.15, 0.2) is 17.3 Å². The molecule has 1 amide bonds. The number of hydrogen-bond donors (Lipinski definition) is 0. The molecule has 30 heavy (non-hydrogen) atoms. The lowest BCUT2D eigenvalue weighted by atomic mass is 10.1. The molecule has 1 aliphatic heterocycles. The standard InChI is InChI=1S/C22H23N3O5/c1-13-9-16(27-2)6-7-17(13)22-23-21(24-30-22)14-10-20(26)25(12-14)15-5-8-18(28-3)19(11-15)29-4/h5-9,11,14H,10,12H2,1-4H3. The van der Waals surface area contributed by atoms with E-state index in [0.717, 1.165) is 22.6 Å². The highest BCUT2D eigenvalue weighted by molar-refractivity contribution is 5.96. The normalized spacial score (nSPS) is 16.1. The van der Waals surface area contributed by atoms with Crippen LogP contribution < -0.4 is 19.1 Å². The second-order valence-corrected chi connectivity index (χ2v) is 7.08. The molecule has 0 aliphatic carbocycles. The van der Waals surface area contributed by atoms with E-state index in [1.165, 1.54) is 0 Å². The Hall–Kier alpha value is -3.55. The zero-order chi connectivity index (χ0) is 21.3. The summed E-state index contributed by atoms with van der Waals surface area (Å²) < 4.78 is 21.4. The van der Waals surface area contributed by atoms with E-state index in [9.17, 15) is 4.79 Å². The molecule has 3 aromatic rings. The number of ether oxygens (including phenoxy) is 3. The highest BCUT2D eigenvalue weighted by Gasteiger charge is 2.35. The maximum Gasteiger partial charge on any atom is 0.258 e. The molecule has 2 aromatic carbocycles. The van der Waals surface area contributed by atoms with E-state index >= 15 is 0 Å². The van der Waals surface area contributed by atoms with Crippen LogP contribution in [-0.2, 0) is 4.79 Å². The Morgan fingerprint density at radius 3 is 2.53 bits per heavy atom. The quantitative estimate of drug-likeness (QED) is 0.615. The first-order valence-electron chi connectivity index (χ1n) is 9.55.